The Balaban J connectivity index is 1.92. The van der Waals surface area contributed by atoms with Gasteiger partial charge in [-0.05, 0) is 43.5 Å². The molecule has 28 heavy (non-hydrogen) atoms. The Hall–Kier alpha value is -3.15. The second-order valence-electron chi connectivity index (χ2n) is 6.74. The van der Waals surface area contributed by atoms with E-state index in [9.17, 15) is 14.8 Å². The molecule has 0 atom stereocenters. The Morgan fingerprint density at radius 2 is 1.96 bits per heavy atom. The average molecular weight is 396 g/mol. The summed E-state index contributed by atoms with van der Waals surface area (Å²) in [6.45, 7) is 3.21. The smallest absolute Gasteiger partial charge is 0.234 e. The van der Waals surface area contributed by atoms with Gasteiger partial charge in [0.2, 0.25) is 5.78 Å². The van der Waals surface area contributed by atoms with Gasteiger partial charge in [0.1, 0.15) is 28.2 Å². The molecule has 140 valence electrons. The minimum Gasteiger partial charge on any atom is -0.384 e. The summed E-state index contributed by atoms with van der Waals surface area (Å²) in [6.07, 6.45) is 3.07. The van der Waals surface area contributed by atoms with E-state index in [1.54, 1.807) is 35.9 Å². The van der Waals surface area contributed by atoms with Gasteiger partial charge in [-0.15, -0.1) is 11.3 Å². The highest BCUT2D eigenvalue weighted by Gasteiger charge is 2.23. The lowest BCUT2D eigenvalue weighted by atomic mass is 10.0. The van der Waals surface area contributed by atoms with Crippen LogP contribution in [0.2, 0.25) is 0 Å². The number of fused-ring (bicyclic) bond motifs is 1. The molecular weight excluding hydrogens is 382 g/mol. The minimum atomic E-state index is -1.14. The van der Waals surface area contributed by atoms with Crippen LogP contribution in [0, 0.1) is 23.0 Å². The van der Waals surface area contributed by atoms with Crippen LogP contribution >= 0.6 is 11.3 Å². The number of aromatic nitrogens is 3. The number of thiophene rings is 1. The molecular formula is C20H14F2N4OS. The summed E-state index contributed by atoms with van der Waals surface area (Å²) in [6, 6.07) is 7.62. The lowest BCUT2D eigenvalue weighted by Gasteiger charge is -2.16. The lowest BCUT2D eigenvalue weighted by Crippen LogP contribution is -2.18. The Bertz CT molecular complexity index is 1250. The van der Waals surface area contributed by atoms with E-state index in [0.29, 0.717) is 11.4 Å². The zero-order valence-electron chi connectivity index (χ0n) is 14.9. The van der Waals surface area contributed by atoms with Crippen LogP contribution in [0.1, 0.15) is 24.4 Å². The number of aliphatic hydroxyl groups is 1. The average Bonchev–Trinajstić information content (AvgIpc) is 3.27. The number of imidazole rings is 1. The van der Waals surface area contributed by atoms with E-state index in [1.165, 1.54) is 24.4 Å². The molecule has 0 aliphatic carbocycles. The van der Waals surface area contributed by atoms with E-state index in [4.69, 9.17) is 0 Å². The predicted octanol–water partition coefficient (Wildman–Crippen LogP) is 4.50. The van der Waals surface area contributed by atoms with E-state index in [0.717, 1.165) is 11.3 Å². The van der Waals surface area contributed by atoms with Crippen molar-refractivity contribution >= 4 is 17.1 Å². The molecule has 0 unspecified atom stereocenters. The van der Waals surface area contributed by atoms with Gasteiger partial charge in [-0.2, -0.15) is 5.26 Å². The van der Waals surface area contributed by atoms with Crippen LogP contribution in [0.4, 0.5) is 8.78 Å². The van der Waals surface area contributed by atoms with Crippen LogP contribution in [0.3, 0.4) is 0 Å². The number of benzene rings is 1. The van der Waals surface area contributed by atoms with Crippen LogP contribution in [-0.2, 0) is 5.60 Å². The third kappa shape index (κ3) is 2.85. The molecule has 8 heteroatoms. The van der Waals surface area contributed by atoms with E-state index >= 15 is 4.39 Å². The van der Waals surface area contributed by atoms with Crippen LogP contribution in [0.15, 0.2) is 42.0 Å². The summed E-state index contributed by atoms with van der Waals surface area (Å²) >= 11 is 1.13. The maximum Gasteiger partial charge on any atom is 0.234 e. The van der Waals surface area contributed by atoms with Gasteiger partial charge >= 0.3 is 0 Å². The van der Waals surface area contributed by atoms with Crippen LogP contribution in [-0.4, -0.2) is 19.5 Å². The van der Waals surface area contributed by atoms with Crippen molar-refractivity contribution in [2.75, 3.05) is 0 Å². The summed E-state index contributed by atoms with van der Waals surface area (Å²) < 4.78 is 31.3. The fourth-order valence-corrected chi connectivity index (χ4v) is 3.69. The van der Waals surface area contributed by atoms with Crippen molar-refractivity contribution in [1.29, 1.82) is 5.26 Å². The van der Waals surface area contributed by atoms with Crippen molar-refractivity contribution in [3.8, 4) is 28.5 Å². The fourth-order valence-electron chi connectivity index (χ4n) is 3.00. The molecule has 4 aromatic rings. The van der Waals surface area contributed by atoms with Crippen molar-refractivity contribution in [2.24, 2.45) is 0 Å². The van der Waals surface area contributed by atoms with Gasteiger partial charge < -0.3 is 5.11 Å². The molecule has 3 heterocycles. The summed E-state index contributed by atoms with van der Waals surface area (Å²) in [4.78, 5) is 8.73. The van der Waals surface area contributed by atoms with Crippen molar-refractivity contribution in [1.82, 2.24) is 14.4 Å². The van der Waals surface area contributed by atoms with E-state index in [1.807, 2.05) is 6.07 Å². The standard InChI is InChI=1S/C20H14F2N4OS/c1-20(2,27)16-5-7-26-14(10-24-19(26)25-16)11-3-4-13(21)17(18(11)22)12-6-8-28-15(12)9-23/h3-8,10,27H,1-2H3. The van der Waals surface area contributed by atoms with Gasteiger partial charge in [0.05, 0.1) is 23.1 Å². The topological polar surface area (TPSA) is 74.2 Å². The summed E-state index contributed by atoms with van der Waals surface area (Å²) in [5, 5.41) is 20.9. The molecule has 0 saturated heterocycles. The fraction of sp³-hybridized carbons (Fsp3) is 0.150. The van der Waals surface area contributed by atoms with Gasteiger partial charge in [0.15, 0.2) is 0 Å². The first-order chi connectivity index (χ1) is 13.3. The molecule has 0 radical (unpaired) electrons. The minimum absolute atomic E-state index is 0.136. The number of halogens is 2. The number of hydrogen-bond acceptors (Lipinski definition) is 5. The first kappa shape index (κ1) is 18.2. The molecule has 0 fully saturated rings. The van der Waals surface area contributed by atoms with E-state index in [2.05, 4.69) is 9.97 Å². The molecule has 3 aromatic heterocycles. The Morgan fingerprint density at radius 3 is 2.68 bits per heavy atom. The van der Waals surface area contributed by atoms with Crippen molar-refractivity contribution in [2.45, 2.75) is 19.4 Å². The first-order valence-corrected chi connectivity index (χ1v) is 9.22. The second kappa shape index (κ2) is 6.48. The van der Waals surface area contributed by atoms with Crippen molar-refractivity contribution in [3.63, 3.8) is 0 Å². The Morgan fingerprint density at radius 1 is 1.18 bits per heavy atom. The second-order valence-corrected chi connectivity index (χ2v) is 7.66. The third-order valence-electron chi connectivity index (χ3n) is 4.41. The lowest BCUT2D eigenvalue weighted by molar-refractivity contribution is 0.0739. The molecule has 1 aromatic carbocycles. The van der Waals surface area contributed by atoms with Gasteiger partial charge in [-0.1, -0.05) is 0 Å². The normalized spacial score (nSPS) is 11.7. The van der Waals surface area contributed by atoms with E-state index in [-0.39, 0.29) is 27.3 Å². The zero-order chi connectivity index (χ0) is 20.1. The molecule has 5 nitrogen and oxygen atoms in total. The summed E-state index contributed by atoms with van der Waals surface area (Å²) in [5.74, 6) is -1.23. The summed E-state index contributed by atoms with van der Waals surface area (Å²) in [5.41, 5.74) is -0.218. The van der Waals surface area contributed by atoms with Crippen LogP contribution in [0.5, 0.6) is 0 Å². The Kier molecular flexibility index (Phi) is 4.22. The third-order valence-corrected chi connectivity index (χ3v) is 5.23. The van der Waals surface area contributed by atoms with Gasteiger partial charge in [-0.3, -0.25) is 4.40 Å². The highest BCUT2D eigenvalue weighted by Crippen LogP contribution is 2.36. The SMILES string of the molecule is CC(C)(O)c1ccn2c(-c3ccc(F)c(-c4ccsc4C#N)c3F)cnc2n1. The quantitative estimate of drug-likeness (QED) is 0.553. The highest BCUT2D eigenvalue weighted by atomic mass is 32.1. The number of hydrogen-bond donors (Lipinski definition) is 1. The number of rotatable bonds is 3. The highest BCUT2D eigenvalue weighted by molar-refractivity contribution is 7.11. The molecule has 4 rings (SSSR count). The van der Waals surface area contributed by atoms with Crippen LogP contribution < -0.4 is 0 Å². The monoisotopic (exact) mass is 396 g/mol. The van der Waals surface area contributed by atoms with E-state index < -0.39 is 17.2 Å². The molecule has 0 bridgehead atoms. The predicted molar refractivity (Wildman–Crippen MR) is 102 cm³/mol. The van der Waals surface area contributed by atoms with Crippen molar-refractivity contribution in [3.05, 3.63) is 64.2 Å². The molecule has 0 amide bonds. The molecule has 0 aliphatic heterocycles. The van der Waals surface area contributed by atoms with Gasteiger partial charge in [0, 0.05) is 17.3 Å². The molecule has 0 spiro atoms. The van der Waals surface area contributed by atoms with Gasteiger partial charge in [0.25, 0.3) is 0 Å². The zero-order valence-corrected chi connectivity index (χ0v) is 15.8. The van der Waals surface area contributed by atoms with Crippen molar-refractivity contribution < 1.29 is 13.9 Å². The number of nitrogens with zero attached hydrogens (tertiary/aromatic N) is 4. The largest absolute Gasteiger partial charge is 0.384 e. The van der Waals surface area contributed by atoms with Gasteiger partial charge in [-0.25, -0.2) is 18.7 Å². The molecule has 0 saturated carbocycles. The maximum atomic E-state index is 15.3. The molecule has 1 N–H and O–H groups in total. The maximum absolute atomic E-state index is 15.3. The Labute approximate surface area is 163 Å². The molecule has 0 aliphatic rings. The summed E-state index contributed by atoms with van der Waals surface area (Å²) in [7, 11) is 0. The van der Waals surface area contributed by atoms with Crippen LogP contribution in [0.25, 0.3) is 28.2 Å². The number of nitriles is 1. The first-order valence-electron chi connectivity index (χ1n) is 8.34.